The molecule has 2 N–H and O–H groups in total. The van der Waals surface area contributed by atoms with Gasteiger partial charge in [0.25, 0.3) is 5.91 Å². The highest BCUT2D eigenvalue weighted by atomic mass is 35.5. The summed E-state index contributed by atoms with van der Waals surface area (Å²) in [5, 5.41) is 4.63. The molecule has 6 heteroatoms. The molecule has 0 aliphatic carbocycles. The minimum atomic E-state index is -0.249. The molecule has 0 saturated carbocycles. The van der Waals surface area contributed by atoms with Crippen molar-refractivity contribution in [2.75, 3.05) is 5.32 Å². The van der Waals surface area contributed by atoms with E-state index in [4.69, 9.17) is 23.2 Å². The van der Waals surface area contributed by atoms with E-state index in [0.29, 0.717) is 21.6 Å². The van der Waals surface area contributed by atoms with Gasteiger partial charge in [0.15, 0.2) is 0 Å². The molecular weight excluding hydrogens is 297 g/mol. The molecule has 100 valence electrons. The van der Waals surface area contributed by atoms with Gasteiger partial charge in [0, 0.05) is 15.9 Å². The Hall–Kier alpha value is -2.04. The number of aromatic amines is 1. The number of benzene rings is 1. The molecule has 0 unspecified atom stereocenters. The predicted octanol–water partition coefficient (Wildman–Crippen LogP) is 4.12. The number of pyridine rings is 1. The Labute approximate surface area is 124 Å². The summed E-state index contributed by atoms with van der Waals surface area (Å²) in [5.41, 5.74) is 1.89. The number of halogens is 2. The van der Waals surface area contributed by atoms with Crippen LogP contribution in [0.4, 0.5) is 5.69 Å². The third kappa shape index (κ3) is 2.61. The number of rotatable bonds is 2. The highest BCUT2D eigenvalue weighted by Crippen LogP contribution is 2.20. The molecule has 3 rings (SSSR count). The molecule has 0 atom stereocenters. The quantitative estimate of drug-likeness (QED) is 0.700. The lowest BCUT2D eigenvalue weighted by atomic mass is 10.2. The smallest absolute Gasteiger partial charge is 0.272 e. The molecule has 0 fully saturated rings. The molecule has 0 spiro atoms. The fourth-order valence-corrected chi connectivity index (χ4v) is 2.17. The monoisotopic (exact) mass is 305 g/mol. The van der Waals surface area contributed by atoms with Gasteiger partial charge < -0.3 is 10.3 Å². The molecular formula is C14H9Cl2N3O. The topological polar surface area (TPSA) is 57.8 Å². The Morgan fingerprint density at radius 3 is 2.75 bits per heavy atom. The largest absolute Gasteiger partial charge is 0.351 e. The first-order valence-electron chi connectivity index (χ1n) is 5.83. The normalized spacial score (nSPS) is 10.7. The minimum absolute atomic E-state index is 0.249. The Morgan fingerprint density at radius 1 is 1.15 bits per heavy atom. The van der Waals surface area contributed by atoms with Crippen LogP contribution in [-0.4, -0.2) is 15.9 Å². The molecule has 20 heavy (non-hydrogen) atoms. The Bertz CT molecular complexity index is 781. The average molecular weight is 306 g/mol. The maximum atomic E-state index is 12.1. The van der Waals surface area contributed by atoms with Crippen molar-refractivity contribution >= 4 is 45.7 Å². The second kappa shape index (κ2) is 5.15. The summed E-state index contributed by atoms with van der Waals surface area (Å²) in [7, 11) is 0. The van der Waals surface area contributed by atoms with Crippen LogP contribution in [0.25, 0.3) is 10.9 Å². The van der Waals surface area contributed by atoms with Gasteiger partial charge >= 0.3 is 0 Å². The van der Waals surface area contributed by atoms with Crippen LogP contribution in [-0.2, 0) is 0 Å². The van der Waals surface area contributed by atoms with E-state index in [1.807, 2.05) is 6.07 Å². The third-order valence-electron chi connectivity index (χ3n) is 2.81. The van der Waals surface area contributed by atoms with Gasteiger partial charge in [-0.05, 0) is 36.4 Å². The van der Waals surface area contributed by atoms with Crippen LogP contribution in [0, 0.1) is 0 Å². The summed E-state index contributed by atoms with van der Waals surface area (Å²) in [6.45, 7) is 0. The Kier molecular flexibility index (Phi) is 3.34. The van der Waals surface area contributed by atoms with Crippen LogP contribution in [0.3, 0.4) is 0 Å². The van der Waals surface area contributed by atoms with Gasteiger partial charge in [0.05, 0.1) is 11.9 Å². The maximum Gasteiger partial charge on any atom is 0.272 e. The van der Waals surface area contributed by atoms with Gasteiger partial charge in [0.2, 0.25) is 0 Å². The molecule has 0 aliphatic rings. The third-order valence-corrected chi connectivity index (χ3v) is 3.27. The standard InChI is InChI=1S/C14H9Cl2N3O/c15-9-1-3-11-8(5-9)6-12(19-11)14(20)18-10-2-4-13(16)17-7-10/h1-7,19H,(H,18,20). The Balaban J connectivity index is 1.86. The number of carbonyl (C=O) groups excluding carboxylic acids is 1. The van der Waals surface area contributed by atoms with E-state index < -0.39 is 0 Å². The van der Waals surface area contributed by atoms with Gasteiger partial charge in [0.1, 0.15) is 10.8 Å². The van der Waals surface area contributed by atoms with Gasteiger partial charge in [-0.2, -0.15) is 0 Å². The number of anilines is 1. The number of hydrogen-bond donors (Lipinski definition) is 2. The second-order valence-electron chi connectivity index (χ2n) is 4.24. The second-order valence-corrected chi connectivity index (χ2v) is 5.06. The molecule has 0 radical (unpaired) electrons. The minimum Gasteiger partial charge on any atom is -0.351 e. The summed E-state index contributed by atoms with van der Waals surface area (Å²) in [5.74, 6) is -0.249. The van der Waals surface area contributed by atoms with E-state index in [0.717, 1.165) is 10.9 Å². The number of H-pyrrole nitrogens is 1. The van der Waals surface area contributed by atoms with Crippen molar-refractivity contribution in [3.05, 3.63) is 58.5 Å². The first-order chi connectivity index (χ1) is 9.61. The molecule has 0 bridgehead atoms. The van der Waals surface area contributed by atoms with Crippen LogP contribution in [0.5, 0.6) is 0 Å². The molecule has 1 aromatic carbocycles. The number of aromatic nitrogens is 2. The van der Waals surface area contributed by atoms with E-state index in [9.17, 15) is 4.79 Å². The fourth-order valence-electron chi connectivity index (χ4n) is 1.87. The van der Waals surface area contributed by atoms with Crippen molar-refractivity contribution in [3.63, 3.8) is 0 Å². The molecule has 1 amide bonds. The first kappa shape index (κ1) is 13.0. The van der Waals surface area contributed by atoms with Crippen molar-refractivity contribution in [1.82, 2.24) is 9.97 Å². The molecule has 0 aliphatic heterocycles. The van der Waals surface area contributed by atoms with Crippen LogP contribution in [0.2, 0.25) is 10.2 Å². The number of carbonyl (C=O) groups is 1. The zero-order valence-corrected chi connectivity index (χ0v) is 11.7. The average Bonchev–Trinajstić information content (AvgIpc) is 2.84. The first-order valence-corrected chi connectivity index (χ1v) is 6.58. The molecule has 2 heterocycles. The van der Waals surface area contributed by atoms with Crippen LogP contribution in [0.15, 0.2) is 42.6 Å². The van der Waals surface area contributed by atoms with Crippen molar-refractivity contribution in [3.8, 4) is 0 Å². The fraction of sp³-hybridized carbons (Fsp3) is 0. The van der Waals surface area contributed by atoms with E-state index >= 15 is 0 Å². The maximum absolute atomic E-state index is 12.1. The lowest BCUT2D eigenvalue weighted by Crippen LogP contribution is -2.12. The SMILES string of the molecule is O=C(Nc1ccc(Cl)nc1)c1cc2cc(Cl)ccc2[nH]1. The summed E-state index contributed by atoms with van der Waals surface area (Å²) < 4.78 is 0. The number of nitrogens with zero attached hydrogens (tertiary/aromatic N) is 1. The van der Waals surface area contributed by atoms with Crippen molar-refractivity contribution < 1.29 is 4.79 Å². The van der Waals surface area contributed by atoms with Gasteiger partial charge in [-0.3, -0.25) is 4.79 Å². The summed E-state index contributed by atoms with van der Waals surface area (Å²) in [4.78, 5) is 19.1. The van der Waals surface area contributed by atoms with Crippen LogP contribution < -0.4 is 5.32 Å². The lowest BCUT2D eigenvalue weighted by Gasteiger charge is -2.02. The van der Waals surface area contributed by atoms with E-state index in [1.54, 1.807) is 30.3 Å². The number of fused-ring (bicyclic) bond motifs is 1. The molecule has 4 nitrogen and oxygen atoms in total. The molecule has 2 aromatic heterocycles. The van der Waals surface area contributed by atoms with Crippen molar-refractivity contribution in [2.24, 2.45) is 0 Å². The number of hydrogen-bond acceptors (Lipinski definition) is 2. The summed E-state index contributed by atoms with van der Waals surface area (Å²) >= 11 is 11.6. The zero-order valence-electron chi connectivity index (χ0n) is 10.2. The number of amides is 1. The van der Waals surface area contributed by atoms with Crippen LogP contribution in [0.1, 0.15) is 10.5 Å². The Morgan fingerprint density at radius 2 is 2.00 bits per heavy atom. The zero-order chi connectivity index (χ0) is 14.1. The summed E-state index contributed by atoms with van der Waals surface area (Å²) in [6.07, 6.45) is 1.50. The predicted molar refractivity (Wildman–Crippen MR) is 80.5 cm³/mol. The molecule has 3 aromatic rings. The van der Waals surface area contributed by atoms with Crippen molar-refractivity contribution in [1.29, 1.82) is 0 Å². The van der Waals surface area contributed by atoms with Crippen LogP contribution >= 0.6 is 23.2 Å². The highest BCUT2D eigenvalue weighted by Gasteiger charge is 2.10. The molecule has 0 saturated heterocycles. The van der Waals surface area contributed by atoms with Crippen molar-refractivity contribution in [2.45, 2.75) is 0 Å². The lowest BCUT2D eigenvalue weighted by molar-refractivity contribution is 0.102. The van der Waals surface area contributed by atoms with Gasteiger partial charge in [-0.15, -0.1) is 0 Å². The van der Waals surface area contributed by atoms with E-state index in [2.05, 4.69) is 15.3 Å². The van der Waals surface area contributed by atoms with Gasteiger partial charge in [-0.25, -0.2) is 4.98 Å². The van der Waals surface area contributed by atoms with Gasteiger partial charge in [-0.1, -0.05) is 23.2 Å². The summed E-state index contributed by atoms with van der Waals surface area (Å²) in [6, 6.07) is 10.5. The highest BCUT2D eigenvalue weighted by molar-refractivity contribution is 6.31. The van der Waals surface area contributed by atoms with E-state index in [1.165, 1.54) is 6.20 Å². The van der Waals surface area contributed by atoms with E-state index in [-0.39, 0.29) is 5.91 Å². The number of nitrogens with one attached hydrogen (secondary N) is 2.